The van der Waals surface area contributed by atoms with Crippen molar-refractivity contribution in [2.45, 2.75) is 64.3 Å². The summed E-state index contributed by atoms with van der Waals surface area (Å²) in [5.41, 5.74) is 5.09. The van der Waals surface area contributed by atoms with Crippen molar-refractivity contribution in [3.63, 3.8) is 0 Å². The molecule has 1 saturated carbocycles. The molecule has 1 heterocycles. The fourth-order valence-electron chi connectivity index (χ4n) is 3.74. The number of urea groups is 1. The van der Waals surface area contributed by atoms with Crippen molar-refractivity contribution in [1.29, 1.82) is 0 Å². The largest absolute Gasteiger partial charge is 0.341 e. The zero-order chi connectivity index (χ0) is 18.2. The number of halogens is 2. The quantitative estimate of drug-likeness (QED) is 0.783. The van der Waals surface area contributed by atoms with E-state index in [1.165, 1.54) is 44.9 Å². The lowest BCUT2D eigenvalue weighted by Gasteiger charge is -2.36. The third-order valence-corrected chi connectivity index (χ3v) is 5.25. The number of carbonyl (C=O) groups excluding carboxylic acids is 1. The maximum Gasteiger partial charge on any atom is 0.341 e. The fraction of sp³-hybridized carbons (Fsp3) is 0.778. The van der Waals surface area contributed by atoms with Gasteiger partial charge in [0.25, 0.3) is 6.08 Å². The summed E-state index contributed by atoms with van der Waals surface area (Å²) < 4.78 is 25.6. The second kappa shape index (κ2) is 9.85. The van der Waals surface area contributed by atoms with Gasteiger partial charge >= 0.3 is 6.03 Å². The molecular formula is C18H30F2N4O. The van der Waals surface area contributed by atoms with E-state index in [9.17, 15) is 13.6 Å². The average molecular weight is 356 g/mol. The Morgan fingerprint density at radius 2 is 1.92 bits per heavy atom. The van der Waals surface area contributed by atoms with Crippen molar-refractivity contribution in [1.82, 2.24) is 9.91 Å². The van der Waals surface area contributed by atoms with Gasteiger partial charge in [-0.15, -0.1) is 0 Å². The lowest BCUT2D eigenvalue weighted by Crippen LogP contribution is -2.50. The van der Waals surface area contributed by atoms with Crippen molar-refractivity contribution in [3.8, 4) is 0 Å². The van der Waals surface area contributed by atoms with Gasteiger partial charge in [-0.25, -0.2) is 9.80 Å². The number of hydrogen-bond donors (Lipinski definition) is 1. The molecule has 142 valence electrons. The molecule has 5 nitrogen and oxygen atoms in total. The van der Waals surface area contributed by atoms with E-state index in [0.29, 0.717) is 12.5 Å². The van der Waals surface area contributed by atoms with E-state index in [1.807, 2.05) is 6.92 Å². The smallest absolute Gasteiger partial charge is 0.327 e. The molecule has 2 amide bonds. The average Bonchev–Trinajstić information content (AvgIpc) is 2.55. The van der Waals surface area contributed by atoms with Crippen molar-refractivity contribution in [2.75, 3.05) is 19.6 Å². The van der Waals surface area contributed by atoms with Crippen molar-refractivity contribution in [3.05, 3.63) is 11.7 Å². The van der Waals surface area contributed by atoms with E-state index in [-0.39, 0.29) is 30.7 Å². The van der Waals surface area contributed by atoms with Crippen LogP contribution in [0.2, 0.25) is 0 Å². The number of hydrogen-bond acceptors (Lipinski definition) is 3. The third-order valence-electron chi connectivity index (χ3n) is 5.25. The summed E-state index contributed by atoms with van der Waals surface area (Å²) in [6.45, 7) is 1.95. The second-order valence-corrected chi connectivity index (χ2v) is 7.15. The van der Waals surface area contributed by atoms with Gasteiger partial charge in [-0.1, -0.05) is 44.9 Å². The summed E-state index contributed by atoms with van der Waals surface area (Å²) in [6.07, 6.45) is 9.65. The molecule has 0 spiro atoms. The SMILES string of the molecule is CC(CC1CCCCCCC1)N1CC=NN(CC(CN)=C(F)F)C1=O. The summed E-state index contributed by atoms with van der Waals surface area (Å²) in [5, 5.41) is 5.08. The first-order valence-electron chi connectivity index (χ1n) is 9.36. The van der Waals surface area contributed by atoms with Crippen molar-refractivity contribution >= 4 is 12.2 Å². The first-order valence-corrected chi connectivity index (χ1v) is 9.36. The Hall–Kier alpha value is -1.50. The molecule has 2 N–H and O–H groups in total. The molecule has 0 aromatic heterocycles. The van der Waals surface area contributed by atoms with E-state index in [2.05, 4.69) is 5.10 Å². The summed E-state index contributed by atoms with van der Waals surface area (Å²) in [6, 6.07) is -0.236. The lowest BCUT2D eigenvalue weighted by atomic mass is 9.86. The van der Waals surface area contributed by atoms with E-state index in [0.717, 1.165) is 11.4 Å². The van der Waals surface area contributed by atoms with Crippen LogP contribution in [0.5, 0.6) is 0 Å². The summed E-state index contributed by atoms with van der Waals surface area (Å²) >= 11 is 0. The van der Waals surface area contributed by atoms with Crippen LogP contribution in [0.4, 0.5) is 13.6 Å². The Morgan fingerprint density at radius 1 is 1.28 bits per heavy atom. The van der Waals surface area contributed by atoms with Crippen LogP contribution >= 0.6 is 0 Å². The summed E-state index contributed by atoms with van der Waals surface area (Å²) in [5.74, 6) is 0.637. The number of carbonyl (C=O) groups is 1. The molecule has 7 heteroatoms. The van der Waals surface area contributed by atoms with Gasteiger partial charge < -0.3 is 10.6 Å². The number of hydrazone groups is 1. The zero-order valence-electron chi connectivity index (χ0n) is 15.1. The molecule has 2 rings (SSSR count). The maximum atomic E-state index is 12.8. The van der Waals surface area contributed by atoms with Gasteiger partial charge in [0.05, 0.1) is 13.1 Å². The highest BCUT2D eigenvalue weighted by atomic mass is 19.3. The minimum absolute atomic E-state index is 0.0757. The van der Waals surface area contributed by atoms with Gasteiger partial charge in [0.1, 0.15) is 0 Å². The highest BCUT2D eigenvalue weighted by Crippen LogP contribution is 2.27. The van der Waals surface area contributed by atoms with E-state index >= 15 is 0 Å². The van der Waals surface area contributed by atoms with Crippen LogP contribution in [-0.4, -0.2) is 47.8 Å². The van der Waals surface area contributed by atoms with Crippen molar-refractivity contribution < 1.29 is 13.6 Å². The lowest BCUT2D eigenvalue weighted by molar-refractivity contribution is 0.133. The monoisotopic (exact) mass is 356 g/mol. The first-order chi connectivity index (χ1) is 12.0. The van der Waals surface area contributed by atoms with Gasteiger partial charge in [0, 0.05) is 24.4 Å². The maximum absolute atomic E-state index is 12.8. The predicted octanol–water partition coefficient (Wildman–Crippen LogP) is 3.96. The Balaban J connectivity index is 1.95. The molecule has 1 fully saturated rings. The Labute approximate surface area is 148 Å². The molecule has 1 aliphatic carbocycles. The molecule has 0 saturated heterocycles. The van der Waals surface area contributed by atoms with Gasteiger partial charge in [0.2, 0.25) is 0 Å². The molecule has 0 bridgehead atoms. The highest BCUT2D eigenvalue weighted by Gasteiger charge is 2.30. The number of nitrogens with two attached hydrogens (primary N) is 1. The van der Waals surface area contributed by atoms with Gasteiger partial charge in [-0.2, -0.15) is 13.9 Å². The Bertz CT molecular complexity index is 497. The number of rotatable bonds is 6. The highest BCUT2D eigenvalue weighted by molar-refractivity contribution is 5.82. The van der Waals surface area contributed by atoms with E-state index in [4.69, 9.17) is 5.73 Å². The van der Waals surface area contributed by atoms with Crippen LogP contribution in [0.25, 0.3) is 0 Å². The topological polar surface area (TPSA) is 61.9 Å². The van der Waals surface area contributed by atoms with Crippen LogP contribution in [0.1, 0.15) is 58.3 Å². The molecule has 1 atom stereocenters. The van der Waals surface area contributed by atoms with Gasteiger partial charge in [-0.3, -0.25) is 0 Å². The minimum Gasteiger partial charge on any atom is -0.327 e. The standard InChI is InChI=1S/C18H30F2N4O/c1-14(11-15-7-5-3-2-4-6-8-15)23-10-9-22-24(18(23)25)13-16(12-21)17(19)20/h9,14-15H,2-8,10-13,21H2,1H3. The minimum atomic E-state index is -1.83. The molecule has 1 aliphatic heterocycles. The number of amides is 2. The van der Waals surface area contributed by atoms with E-state index in [1.54, 1.807) is 11.1 Å². The fourth-order valence-corrected chi connectivity index (χ4v) is 3.74. The van der Waals surface area contributed by atoms with Crippen molar-refractivity contribution in [2.24, 2.45) is 16.8 Å². The predicted molar refractivity (Wildman–Crippen MR) is 95.5 cm³/mol. The van der Waals surface area contributed by atoms with Gasteiger partial charge in [0.15, 0.2) is 0 Å². The van der Waals surface area contributed by atoms with Crippen LogP contribution < -0.4 is 5.73 Å². The summed E-state index contributed by atoms with van der Waals surface area (Å²) in [4.78, 5) is 14.4. The molecular weight excluding hydrogens is 326 g/mol. The second-order valence-electron chi connectivity index (χ2n) is 7.15. The van der Waals surface area contributed by atoms with Crippen LogP contribution in [-0.2, 0) is 0 Å². The normalized spacial score (nSPS) is 21.0. The van der Waals surface area contributed by atoms with Crippen LogP contribution in [0.3, 0.4) is 0 Å². The third kappa shape index (κ3) is 5.76. The molecule has 25 heavy (non-hydrogen) atoms. The molecule has 0 aromatic rings. The van der Waals surface area contributed by atoms with Crippen LogP contribution in [0.15, 0.2) is 16.8 Å². The molecule has 1 unspecified atom stereocenters. The van der Waals surface area contributed by atoms with Crippen LogP contribution in [0, 0.1) is 5.92 Å². The first kappa shape index (κ1) is 19.8. The summed E-state index contributed by atoms with van der Waals surface area (Å²) in [7, 11) is 0. The molecule has 0 aromatic carbocycles. The van der Waals surface area contributed by atoms with Gasteiger partial charge in [-0.05, 0) is 19.3 Å². The molecule has 2 aliphatic rings. The van der Waals surface area contributed by atoms with E-state index < -0.39 is 6.08 Å². The number of nitrogens with zero attached hydrogens (tertiary/aromatic N) is 3. The molecule has 0 radical (unpaired) electrons. The Kier molecular flexibility index (Phi) is 7.81. The Morgan fingerprint density at radius 3 is 2.52 bits per heavy atom. The zero-order valence-corrected chi connectivity index (χ0v) is 15.1.